The average molecular weight is 377 g/mol. The number of rotatable bonds is 7. The number of hydrogen-bond donors (Lipinski definition) is 1. The van der Waals surface area contributed by atoms with Crippen LogP contribution in [-0.2, 0) is 11.2 Å². The molecule has 0 aromatic heterocycles. The number of alkyl halides is 2. The molecule has 1 amide bonds. The molecule has 25 heavy (non-hydrogen) atoms. The first-order valence-electron chi connectivity index (χ1n) is 8.59. The Labute approximate surface area is 158 Å². The van der Waals surface area contributed by atoms with Gasteiger partial charge in [0.1, 0.15) is 0 Å². The van der Waals surface area contributed by atoms with Crippen molar-refractivity contribution in [2.75, 3.05) is 35.1 Å². The third-order valence-electron chi connectivity index (χ3n) is 4.54. The Morgan fingerprint density at radius 2 is 1.68 bits per heavy atom. The van der Waals surface area contributed by atoms with Gasteiger partial charge in [-0.3, -0.25) is 4.79 Å². The first-order valence-corrected chi connectivity index (χ1v) is 9.66. The average Bonchev–Trinajstić information content (AvgIpc) is 2.98. The Bertz CT molecular complexity index is 770. The maximum Gasteiger partial charge on any atom is 0.224 e. The van der Waals surface area contributed by atoms with Gasteiger partial charge < -0.3 is 10.2 Å². The van der Waals surface area contributed by atoms with Crippen LogP contribution in [0.3, 0.4) is 0 Å². The molecule has 2 aromatic carbocycles. The molecule has 0 atom stereocenters. The van der Waals surface area contributed by atoms with Crippen LogP contribution in [0.5, 0.6) is 0 Å². The molecule has 1 aliphatic carbocycles. The lowest BCUT2D eigenvalue weighted by Gasteiger charge is -2.23. The monoisotopic (exact) mass is 376 g/mol. The van der Waals surface area contributed by atoms with Crippen LogP contribution in [0.2, 0.25) is 0 Å². The van der Waals surface area contributed by atoms with Crippen LogP contribution < -0.4 is 10.2 Å². The zero-order valence-corrected chi connectivity index (χ0v) is 15.8. The van der Waals surface area contributed by atoms with E-state index in [2.05, 4.69) is 40.5 Å². The van der Waals surface area contributed by atoms with Crippen LogP contribution >= 0.6 is 23.2 Å². The van der Waals surface area contributed by atoms with Crippen molar-refractivity contribution in [3.05, 3.63) is 47.5 Å². The van der Waals surface area contributed by atoms with E-state index in [1.807, 2.05) is 13.0 Å². The molecule has 0 fully saturated rings. The lowest BCUT2D eigenvalue weighted by molar-refractivity contribution is -0.115. The first kappa shape index (κ1) is 18.1. The van der Waals surface area contributed by atoms with E-state index >= 15 is 0 Å². The number of nitrogens with zero attached hydrogens (tertiary/aromatic N) is 1. The lowest BCUT2D eigenvalue weighted by atomic mass is 10.0. The molecule has 3 rings (SSSR count). The highest BCUT2D eigenvalue weighted by Gasteiger charge is 2.20. The van der Waals surface area contributed by atoms with Gasteiger partial charge in [0.15, 0.2) is 0 Å². The van der Waals surface area contributed by atoms with Gasteiger partial charge in [-0.25, -0.2) is 0 Å². The van der Waals surface area contributed by atoms with Crippen molar-refractivity contribution in [3.8, 4) is 11.1 Å². The summed E-state index contributed by atoms with van der Waals surface area (Å²) < 4.78 is 0. The third kappa shape index (κ3) is 3.94. The molecule has 2 aromatic rings. The maximum atomic E-state index is 11.6. The van der Waals surface area contributed by atoms with Gasteiger partial charge in [0.05, 0.1) is 0 Å². The summed E-state index contributed by atoms with van der Waals surface area (Å²) in [5, 5.41) is 2.93. The number of nitrogens with one attached hydrogen (secondary N) is 1. The van der Waals surface area contributed by atoms with Crippen LogP contribution in [0.15, 0.2) is 36.4 Å². The predicted octanol–water partition coefficient (Wildman–Crippen LogP) is 4.89. The van der Waals surface area contributed by atoms with Gasteiger partial charge in [0, 0.05) is 42.6 Å². The molecule has 1 N–H and O–H groups in total. The van der Waals surface area contributed by atoms with E-state index in [1.54, 1.807) is 0 Å². The van der Waals surface area contributed by atoms with E-state index in [0.717, 1.165) is 30.9 Å². The van der Waals surface area contributed by atoms with Gasteiger partial charge in [0.2, 0.25) is 5.91 Å². The quantitative estimate of drug-likeness (QED) is 0.595. The van der Waals surface area contributed by atoms with E-state index in [1.165, 1.54) is 22.3 Å². The first-order chi connectivity index (χ1) is 12.2. The Morgan fingerprint density at radius 3 is 2.32 bits per heavy atom. The summed E-state index contributed by atoms with van der Waals surface area (Å²) in [7, 11) is 0. The van der Waals surface area contributed by atoms with Gasteiger partial charge in [-0.15, -0.1) is 23.2 Å². The fraction of sp³-hybridized carbons (Fsp3) is 0.350. The zero-order chi connectivity index (χ0) is 17.8. The number of carbonyl (C=O) groups excluding carboxylic acids is 1. The minimum absolute atomic E-state index is 0.0375. The van der Waals surface area contributed by atoms with Crippen molar-refractivity contribution < 1.29 is 4.79 Å². The minimum atomic E-state index is 0.0375. The second kappa shape index (κ2) is 8.11. The molecule has 132 valence electrons. The van der Waals surface area contributed by atoms with Gasteiger partial charge in [0.25, 0.3) is 0 Å². The summed E-state index contributed by atoms with van der Waals surface area (Å²) in [6.07, 6.45) is 1.36. The molecule has 3 nitrogen and oxygen atoms in total. The van der Waals surface area contributed by atoms with E-state index in [4.69, 9.17) is 23.2 Å². The lowest BCUT2D eigenvalue weighted by Crippen LogP contribution is -2.27. The summed E-state index contributed by atoms with van der Waals surface area (Å²) in [5.74, 6) is 1.19. The van der Waals surface area contributed by atoms with Gasteiger partial charge in [-0.1, -0.05) is 19.1 Å². The van der Waals surface area contributed by atoms with Gasteiger partial charge in [-0.05, 0) is 52.9 Å². The Hall–Kier alpha value is -1.71. The van der Waals surface area contributed by atoms with Crippen molar-refractivity contribution in [2.24, 2.45) is 0 Å². The SMILES string of the molecule is CCC(=O)Nc1ccc2c(c1)Cc1cc(N(CCCl)CCCl)ccc1-2. The number of anilines is 2. The predicted molar refractivity (Wildman–Crippen MR) is 107 cm³/mol. The van der Waals surface area contributed by atoms with Crippen molar-refractivity contribution in [1.82, 2.24) is 0 Å². The largest absolute Gasteiger partial charge is 0.369 e. The number of amides is 1. The molecule has 0 saturated carbocycles. The molecule has 0 bridgehead atoms. The third-order valence-corrected chi connectivity index (χ3v) is 4.88. The number of hydrogen-bond acceptors (Lipinski definition) is 2. The molecule has 0 heterocycles. The molecule has 1 aliphatic rings. The van der Waals surface area contributed by atoms with Crippen LogP contribution in [0.25, 0.3) is 11.1 Å². The molecule has 0 aliphatic heterocycles. The molecule has 0 unspecified atom stereocenters. The van der Waals surface area contributed by atoms with Crippen LogP contribution in [0, 0.1) is 0 Å². The summed E-state index contributed by atoms with van der Waals surface area (Å²) in [5.41, 5.74) is 7.10. The van der Waals surface area contributed by atoms with Crippen molar-refractivity contribution in [1.29, 1.82) is 0 Å². The molecule has 5 heteroatoms. The van der Waals surface area contributed by atoms with Crippen LogP contribution in [-0.4, -0.2) is 30.8 Å². The summed E-state index contributed by atoms with van der Waals surface area (Å²) in [4.78, 5) is 13.8. The van der Waals surface area contributed by atoms with Crippen molar-refractivity contribution in [2.45, 2.75) is 19.8 Å². The highest BCUT2D eigenvalue weighted by Crippen LogP contribution is 2.39. The maximum absolute atomic E-state index is 11.6. The second-order valence-corrected chi connectivity index (χ2v) is 6.91. The molecular formula is C20H22Cl2N2O. The summed E-state index contributed by atoms with van der Waals surface area (Å²) >= 11 is 11.8. The van der Waals surface area contributed by atoms with E-state index in [9.17, 15) is 4.79 Å². The Balaban J connectivity index is 1.85. The molecule has 0 saturated heterocycles. The minimum Gasteiger partial charge on any atom is -0.369 e. The highest BCUT2D eigenvalue weighted by atomic mass is 35.5. The van der Waals surface area contributed by atoms with Crippen LogP contribution in [0.4, 0.5) is 11.4 Å². The highest BCUT2D eigenvalue weighted by molar-refractivity contribution is 6.18. The fourth-order valence-electron chi connectivity index (χ4n) is 3.29. The van der Waals surface area contributed by atoms with Gasteiger partial charge >= 0.3 is 0 Å². The van der Waals surface area contributed by atoms with Crippen molar-refractivity contribution in [3.63, 3.8) is 0 Å². The second-order valence-electron chi connectivity index (χ2n) is 6.16. The van der Waals surface area contributed by atoms with E-state index < -0.39 is 0 Å². The number of fused-ring (bicyclic) bond motifs is 3. The molecule has 0 spiro atoms. The number of benzene rings is 2. The van der Waals surface area contributed by atoms with Gasteiger partial charge in [-0.2, -0.15) is 0 Å². The summed E-state index contributed by atoms with van der Waals surface area (Å²) in [6.45, 7) is 3.42. The van der Waals surface area contributed by atoms with E-state index in [0.29, 0.717) is 18.2 Å². The Morgan fingerprint density at radius 1 is 1.04 bits per heavy atom. The smallest absolute Gasteiger partial charge is 0.224 e. The van der Waals surface area contributed by atoms with Crippen LogP contribution in [0.1, 0.15) is 24.5 Å². The topological polar surface area (TPSA) is 32.3 Å². The standard InChI is InChI=1S/C20H22Cl2N2O/c1-2-20(25)23-16-3-5-18-14(12-16)11-15-13-17(4-6-19(15)18)24(9-7-21)10-8-22/h3-6,12-13H,2,7-11H2,1H3,(H,23,25). The fourth-order valence-corrected chi connectivity index (χ4v) is 3.70. The Kier molecular flexibility index (Phi) is 5.87. The molecule has 0 radical (unpaired) electrons. The zero-order valence-electron chi connectivity index (χ0n) is 14.3. The number of carbonyl (C=O) groups is 1. The number of halogens is 2. The van der Waals surface area contributed by atoms with E-state index in [-0.39, 0.29) is 5.91 Å². The molecular weight excluding hydrogens is 355 g/mol. The normalized spacial score (nSPS) is 11.8. The van der Waals surface area contributed by atoms with Crippen molar-refractivity contribution >= 4 is 40.5 Å². The summed E-state index contributed by atoms with van der Waals surface area (Å²) in [6, 6.07) is 12.7.